The van der Waals surface area contributed by atoms with Crippen LogP contribution < -0.4 is 14.4 Å². The van der Waals surface area contributed by atoms with Crippen molar-refractivity contribution < 1.29 is 17.9 Å². The lowest BCUT2D eigenvalue weighted by atomic mass is 10.2. The molecule has 1 N–H and O–H groups in total. The smallest absolute Gasteiger partial charge is 0.241 e. The molecule has 0 spiro atoms. The van der Waals surface area contributed by atoms with Crippen LogP contribution in [0.3, 0.4) is 0 Å². The molecule has 0 saturated heterocycles. The first-order valence-corrected chi connectivity index (χ1v) is 10.1. The van der Waals surface area contributed by atoms with Gasteiger partial charge in [-0.2, -0.15) is 0 Å². The number of ether oxygens (including phenoxy) is 1. The van der Waals surface area contributed by atoms with E-state index in [1.54, 1.807) is 43.5 Å². The fourth-order valence-corrected chi connectivity index (χ4v) is 3.26. The van der Waals surface area contributed by atoms with Crippen molar-refractivity contribution in [2.45, 2.75) is 6.54 Å². The van der Waals surface area contributed by atoms with Crippen LogP contribution in [0.4, 0.5) is 5.69 Å². The zero-order valence-electron chi connectivity index (χ0n) is 13.9. The quantitative estimate of drug-likeness (QED) is 0.737. The number of amides is 1. The minimum absolute atomic E-state index is 0.281. The van der Waals surface area contributed by atoms with Crippen LogP contribution in [-0.4, -0.2) is 34.2 Å². The van der Waals surface area contributed by atoms with Gasteiger partial charge in [0, 0.05) is 11.0 Å². The molecule has 8 heteroatoms. The van der Waals surface area contributed by atoms with Crippen molar-refractivity contribution in [2.75, 3.05) is 24.2 Å². The number of carbonyl (C=O) groups excluding carboxylic acids is 1. The first-order chi connectivity index (χ1) is 11.8. The summed E-state index contributed by atoms with van der Waals surface area (Å²) in [6.45, 7) is 0.0252. The maximum atomic E-state index is 12.2. The predicted molar refractivity (Wildman–Crippen MR) is 101 cm³/mol. The van der Waals surface area contributed by atoms with Crippen molar-refractivity contribution >= 4 is 37.5 Å². The van der Waals surface area contributed by atoms with E-state index in [1.165, 1.54) is 0 Å². The van der Waals surface area contributed by atoms with Gasteiger partial charge >= 0.3 is 0 Å². The SMILES string of the molecule is COc1ccc(CNC(=O)CN(c2ccc(Br)cc2)S(C)(=O)=O)cc1. The lowest BCUT2D eigenvalue weighted by Crippen LogP contribution is -2.40. The maximum absolute atomic E-state index is 12.2. The van der Waals surface area contributed by atoms with Crippen LogP contribution in [0.15, 0.2) is 53.0 Å². The summed E-state index contributed by atoms with van der Waals surface area (Å²) in [4.78, 5) is 12.2. The molecule has 0 heterocycles. The van der Waals surface area contributed by atoms with Gasteiger partial charge in [-0.15, -0.1) is 0 Å². The molecule has 2 aromatic carbocycles. The van der Waals surface area contributed by atoms with Gasteiger partial charge in [-0.1, -0.05) is 28.1 Å². The van der Waals surface area contributed by atoms with Crippen LogP contribution in [0.2, 0.25) is 0 Å². The standard InChI is InChI=1S/C17H19BrN2O4S/c1-24-16-9-3-13(4-10-16)11-19-17(21)12-20(25(2,22)23)15-7-5-14(18)6-8-15/h3-10H,11-12H2,1-2H3,(H,19,21). The molecule has 1 amide bonds. The second-order valence-electron chi connectivity index (χ2n) is 5.37. The Hall–Kier alpha value is -2.06. The van der Waals surface area contributed by atoms with Gasteiger partial charge in [0.05, 0.1) is 19.1 Å². The number of sulfonamides is 1. The number of carbonyl (C=O) groups is 1. The molecule has 134 valence electrons. The minimum atomic E-state index is -3.58. The van der Waals surface area contributed by atoms with E-state index < -0.39 is 10.0 Å². The van der Waals surface area contributed by atoms with Gasteiger partial charge in [0.2, 0.25) is 15.9 Å². The van der Waals surface area contributed by atoms with E-state index in [1.807, 2.05) is 12.1 Å². The zero-order valence-corrected chi connectivity index (χ0v) is 16.3. The summed E-state index contributed by atoms with van der Waals surface area (Å²) >= 11 is 3.30. The highest BCUT2D eigenvalue weighted by Crippen LogP contribution is 2.20. The Morgan fingerprint density at radius 1 is 1.12 bits per heavy atom. The normalized spacial score (nSPS) is 11.0. The van der Waals surface area contributed by atoms with Crippen molar-refractivity contribution in [1.82, 2.24) is 5.32 Å². The Bertz CT molecular complexity index is 821. The van der Waals surface area contributed by atoms with E-state index >= 15 is 0 Å². The summed E-state index contributed by atoms with van der Waals surface area (Å²) in [5, 5.41) is 2.73. The molecule has 0 saturated carbocycles. The highest BCUT2D eigenvalue weighted by atomic mass is 79.9. The van der Waals surface area contributed by atoms with Gasteiger partial charge in [0.25, 0.3) is 0 Å². The Morgan fingerprint density at radius 3 is 2.24 bits per heavy atom. The largest absolute Gasteiger partial charge is 0.497 e. The number of nitrogens with zero attached hydrogens (tertiary/aromatic N) is 1. The van der Waals surface area contributed by atoms with E-state index in [0.717, 1.165) is 26.3 Å². The molecule has 2 aromatic rings. The fraction of sp³-hybridized carbons (Fsp3) is 0.235. The third-order valence-electron chi connectivity index (χ3n) is 3.45. The number of hydrogen-bond acceptors (Lipinski definition) is 4. The molecule has 0 aromatic heterocycles. The van der Waals surface area contributed by atoms with E-state index in [-0.39, 0.29) is 12.5 Å². The summed E-state index contributed by atoms with van der Waals surface area (Å²) in [5.41, 5.74) is 1.33. The lowest BCUT2D eigenvalue weighted by molar-refractivity contribution is -0.119. The minimum Gasteiger partial charge on any atom is -0.497 e. The van der Waals surface area contributed by atoms with Gasteiger partial charge in [0.1, 0.15) is 12.3 Å². The van der Waals surface area contributed by atoms with E-state index in [4.69, 9.17) is 4.74 Å². The molecular weight excluding hydrogens is 408 g/mol. The molecule has 0 fully saturated rings. The van der Waals surface area contributed by atoms with Gasteiger partial charge in [-0.3, -0.25) is 9.10 Å². The van der Waals surface area contributed by atoms with E-state index in [2.05, 4.69) is 21.2 Å². The van der Waals surface area contributed by atoms with Crippen molar-refractivity contribution in [2.24, 2.45) is 0 Å². The van der Waals surface area contributed by atoms with Crippen LogP contribution in [-0.2, 0) is 21.4 Å². The number of hydrogen-bond donors (Lipinski definition) is 1. The molecule has 0 radical (unpaired) electrons. The number of rotatable bonds is 7. The Balaban J connectivity index is 2.03. The Morgan fingerprint density at radius 2 is 1.72 bits per heavy atom. The van der Waals surface area contributed by atoms with Crippen molar-refractivity contribution in [3.63, 3.8) is 0 Å². The molecular formula is C17H19BrN2O4S. The van der Waals surface area contributed by atoms with Gasteiger partial charge in [-0.05, 0) is 42.0 Å². The van der Waals surface area contributed by atoms with E-state index in [9.17, 15) is 13.2 Å². The van der Waals surface area contributed by atoms with Crippen LogP contribution in [0.5, 0.6) is 5.75 Å². The zero-order chi connectivity index (χ0) is 18.4. The highest BCUT2D eigenvalue weighted by Gasteiger charge is 2.20. The molecule has 25 heavy (non-hydrogen) atoms. The molecule has 2 rings (SSSR count). The van der Waals surface area contributed by atoms with Crippen LogP contribution in [0, 0.1) is 0 Å². The summed E-state index contributed by atoms with van der Waals surface area (Å²) < 4.78 is 31.0. The third kappa shape index (κ3) is 5.75. The summed E-state index contributed by atoms with van der Waals surface area (Å²) in [6.07, 6.45) is 1.08. The molecule has 0 bridgehead atoms. The highest BCUT2D eigenvalue weighted by molar-refractivity contribution is 9.10. The summed E-state index contributed by atoms with van der Waals surface area (Å²) in [6, 6.07) is 14.0. The Kier molecular flexibility index (Phi) is 6.44. The number of nitrogens with one attached hydrogen (secondary N) is 1. The molecule has 6 nitrogen and oxygen atoms in total. The topological polar surface area (TPSA) is 75.7 Å². The summed E-state index contributed by atoms with van der Waals surface area (Å²) in [7, 11) is -2.00. The average Bonchev–Trinajstić information content (AvgIpc) is 2.58. The maximum Gasteiger partial charge on any atom is 0.241 e. The molecule has 0 unspecified atom stereocenters. The fourth-order valence-electron chi connectivity index (χ4n) is 2.14. The van der Waals surface area contributed by atoms with Gasteiger partial charge < -0.3 is 10.1 Å². The number of anilines is 1. The lowest BCUT2D eigenvalue weighted by Gasteiger charge is -2.22. The molecule has 0 atom stereocenters. The van der Waals surface area contributed by atoms with Gasteiger partial charge in [0.15, 0.2) is 0 Å². The molecule has 0 aliphatic heterocycles. The third-order valence-corrected chi connectivity index (χ3v) is 5.12. The van der Waals surface area contributed by atoms with Crippen molar-refractivity contribution in [3.05, 3.63) is 58.6 Å². The monoisotopic (exact) mass is 426 g/mol. The number of methoxy groups -OCH3 is 1. The molecule has 0 aliphatic carbocycles. The van der Waals surface area contributed by atoms with E-state index in [0.29, 0.717) is 12.2 Å². The number of benzene rings is 2. The first kappa shape index (κ1) is 19.3. The van der Waals surface area contributed by atoms with Crippen LogP contribution >= 0.6 is 15.9 Å². The Labute approximate surface area is 156 Å². The van der Waals surface area contributed by atoms with Gasteiger partial charge in [-0.25, -0.2) is 8.42 Å². The predicted octanol–water partition coefficient (Wildman–Crippen LogP) is 2.54. The average molecular weight is 427 g/mol. The second kappa shape index (κ2) is 8.35. The van der Waals surface area contributed by atoms with Crippen LogP contribution in [0.1, 0.15) is 5.56 Å². The second-order valence-corrected chi connectivity index (χ2v) is 8.19. The van der Waals surface area contributed by atoms with Crippen LogP contribution in [0.25, 0.3) is 0 Å². The number of halogens is 1. The first-order valence-electron chi connectivity index (χ1n) is 7.42. The van der Waals surface area contributed by atoms with Crippen molar-refractivity contribution in [3.8, 4) is 5.75 Å². The van der Waals surface area contributed by atoms with Crippen molar-refractivity contribution in [1.29, 1.82) is 0 Å². The molecule has 0 aliphatic rings. The summed E-state index contributed by atoms with van der Waals surface area (Å²) in [5.74, 6) is 0.345.